The van der Waals surface area contributed by atoms with Crippen LogP contribution in [0.5, 0.6) is 0 Å². The van der Waals surface area contributed by atoms with E-state index in [0.29, 0.717) is 18.8 Å². The fourth-order valence-corrected chi connectivity index (χ4v) is 3.17. The minimum absolute atomic E-state index is 0.333. The lowest BCUT2D eigenvalue weighted by Crippen LogP contribution is -2.38. The third kappa shape index (κ3) is 5.96. The maximum Gasteiger partial charge on any atom is 0.313 e. The first-order chi connectivity index (χ1) is 14.2. The van der Waals surface area contributed by atoms with Crippen LogP contribution >= 0.6 is 11.8 Å². The van der Waals surface area contributed by atoms with Gasteiger partial charge >= 0.3 is 11.8 Å². The van der Waals surface area contributed by atoms with E-state index in [2.05, 4.69) is 5.32 Å². The van der Waals surface area contributed by atoms with Crippen LogP contribution in [-0.4, -0.2) is 16.7 Å². The molecule has 0 aromatic heterocycles. The smallest absolute Gasteiger partial charge is 0.313 e. The van der Waals surface area contributed by atoms with Gasteiger partial charge in [-0.1, -0.05) is 60.7 Å². The van der Waals surface area contributed by atoms with Crippen LogP contribution in [-0.2, 0) is 22.7 Å². The molecule has 0 unspecified atom stereocenters. The SMILES string of the molecule is N#CSc1ccc(NC(=O)C(=O)N(Cc2ccccc2)Cc2ccccc2)cc1. The minimum Gasteiger partial charge on any atom is -0.326 e. The highest BCUT2D eigenvalue weighted by molar-refractivity contribution is 8.03. The molecule has 29 heavy (non-hydrogen) atoms. The molecule has 0 bridgehead atoms. The zero-order valence-corrected chi connectivity index (χ0v) is 16.4. The fraction of sp³-hybridized carbons (Fsp3) is 0.0870. The number of amides is 2. The van der Waals surface area contributed by atoms with Crippen LogP contribution in [0.2, 0.25) is 0 Å². The molecule has 1 N–H and O–H groups in total. The highest BCUT2D eigenvalue weighted by Crippen LogP contribution is 2.19. The summed E-state index contributed by atoms with van der Waals surface area (Å²) in [7, 11) is 0. The van der Waals surface area contributed by atoms with E-state index in [1.807, 2.05) is 66.1 Å². The van der Waals surface area contributed by atoms with Gasteiger partial charge in [0.25, 0.3) is 0 Å². The van der Waals surface area contributed by atoms with Gasteiger partial charge in [-0.3, -0.25) is 9.59 Å². The molecule has 0 saturated heterocycles. The van der Waals surface area contributed by atoms with Crippen molar-refractivity contribution in [2.75, 3.05) is 5.32 Å². The van der Waals surface area contributed by atoms with Gasteiger partial charge in [-0.2, -0.15) is 5.26 Å². The maximum atomic E-state index is 12.9. The van der Waals surface area contributed by atoms with Crippen LogP contribution in [0, 0.1) is 10.7 Å². The van der Waals surface area contributed by atoms with Gasteiger partial charge in [0, 0.05) is 23.7 Å². The molecule has 0 spiro atoms. The number of nitrogens with one attached hydrogen (secondary N) is 1. The summed E-state index contributed by atoms with van der Waals surface area (Å²) in [5.74, 6) is -1.30. The highest BCUT2D eigenvalue weighted by Gasteiger charge is 2.22. The number of thioether (sulfide) groups is 1. The zero-order chi connectivity index (χ0) is 20.5. The summed E-state index contributed by atoms with van der Waals surface area (Å²) in [5, 5.41) is 13.3. The molecule has 0 aliphatic carbocycles. The normalized spacial score (nSPS) is 10.0. The van der Waals surface area contributed by atoms with Crippen molar-refractivity contribution in [2.45, 2.75) is 18.0 Å². The van der Waals surface area contributed by atoms with Crippen LogP contribution in [0.1, 0.15) is 11.1 Å². The Bertz CT molecular complexity index is 958. The van der Waals surface area contributed by atoms with Crippen molar-refractivity contribution in [2.24, 2.45) is 0 Å². The van der Waals surface area contributed by atoms with Crippen LogP contribution in [0.4, 0.5) is 5.69 Å². The number of rotatable bonds is 6. The van der Waals surface area contributed by atoms with Crippen molar-refractivity contribution in [1.82, 2.24) is 4.90 Å². The Hall–Kier alpha value is -3.56. The molecule has 144 valence electrons. The van der Waals surface area contributed by atoms with E-state index in [-0.39, 0.29) is 0 Å². The second kappa shape index (κ2) is 10.1. The quantitative estimate of drug-likeness (QED) is 0.377. The molecule has 5 nitrogen and oxygen atoms in total. The van der Waals surface area contributed by atoms with Gasteiger partial charge in [0.1, 0.15) is 5.40 Å². The predicted octanol–water partition coefficient (Wildman–Crippen LogP) is 4.43. The van der Waals surface area contributed by atoms with E-state index in [1.165, 1.54) is 4.90 Å². The lowest BCUT2D eigenvalue weighted by molar-refractivity contribution is -0.144. The topological polar surface area (TPSA) is 73.2 Å². The Balaban J connectivity index is 1.73. The van der Waals surface area contributed by atoms with Gasteiger partial charge in [0.15, 0.2) is 0 Å². The maximum absolute atomic E-state index is 12.9. The van der Waals surface area contributed by atoms with Crippen LogP contribution in [0.3, 0.4) is 0 Å². The van der Waals surface area contributed by atoms with Gasteiger partial charge in [-0.05, 0) is 47.2 Å². The number of anilines is 1. The number of nitrogens with zero attached hydrogens (tertiary/aromatic N) is 2. The number of carbonyl (C=O) groups excluding carboxylic acids is 2. The third-order valence-electron chi connectivity index (χ3n) is 4.19. The molecule has 0 aliphatic rings. The first-order valence-electron chi connectivity index (χ1n) is 9.00. The molecule has 0 aliphatic heterocycles. The number of hydrogen-bond donors (Lipinski definition) is 1. The zero-order valence-electron chi connectivity index (χ0n) is 15.6. The summed E-state index contributed by atoms with van der Waals surface area (Å²) >= 11 is 1.03. The lowest BCUT2D eigenvalue weighted by atomic mass is 10.1. The predicted molar refractivity (Wildman–Crippen MR) is 114 cm³/mol. The summed E-state index contributed by atoms with van der Waals surface area (Å²) in [6.07, 6.45) is 0. The Labute approximate surface area is 174 Å². The minimum atomic E-state index is -0.697. The van der Waals surface area contributed by atoms with E-state index in [4.69, 9.17) is 5.26 Å². The second-order valence-electron chi connectivity index (χ2n) is 6.30. The van der Waals surface area contributed by atoms with Crippen molar-refractivity contribution in [1.29, 1.82) is 5.26 Å². The molecule has 0 radical (unpaired) electrons. The Kier molecular flexibility index (Phi) is 7.04. The Morgan fingerprint density at radius 1 is 0.828 bits per heavy atom. The van der Waals surface area contributed by atoms with Gasteiger partial charge in [-0.15, -0.1) is 0 Å². The largest absolute Gasteiger partial charge is 0.326 e. The van der Waals surface area contributed by atoms with E-state index < -0.39 is 11.8 Å². The number of carbonyl (C=O) groups is 2. The molecule has 0 atom stereocenters. The number of hydrogen-bond acceptors (Lipinski definition) is 4. The molecular formula is C23H19N3O2S. The molecule has 2 amide bonds. The molecule has 3 aromatic carbocycles. The molecule has 3 rings (SSSR count). The molecule has 6 heteroatoms. The van der Waals surface area contributed by atoms with Gasteiger partial charge < -0.3 is 10.2 Å². The number of thiocyanates is 1. The monoisotopic (exact) mass is 401 g/mol. The van der Waals surface area contributed by atoms with Crippen molar-refractivity contribution in [3.8, 4) is 5.40 Å². The Morgan fingerprint density at radius 2 is 1.34 bits per heavy atom. The summed E-state index contributed by atoms with van der Waals surface area (Å²) in [6, 6.07) is 25.9. The molecular weight excluding hydrogens is 382 g/mol. The van der Waals surface area contributed by atoms with Gasteiger partial charge in [-0.25, -0.2) is 0 Å². The van der Waals surface area contributed by atoms with E-state index in [1.54, 1.807) is 24.3 Å². The highest BCUT2D eigenvalue weighted by atomic mass is 32.2. The number of benzene rings is 3. The molecule has 0 saturated carbocycles. The summed E-state index contributed by atoms with van der Waals surface area (Å²) in [6.45, 7) is 0.666. The van der Waals surface area contributed by atoms with E-state index >= 15 is 0 Å². The van der Waals surface area contributed by atoms with E-state index in [9.17, 15) is 9.59 Å². The van der Waals surface area contributed by atoms with Crippen LogP contribution in [0.15, 0.2) is 89.8 Å². The Morgan fingerprint density at radius 3 is 1.83 bits per heavy atom. The first-order valence-corrected chi connectivity index (χ1v) is 9.81. The van der Waals surface area contributed by atoms with Gasteiger partial charge in [0.2, 0.25) is 0 Å². The van der Waals surface area contributed by atoms with Crippen LogP contribution < -0.4 is 5.32 Å². The van der Waals surface area contributed by atoms with Crippen molar-refractivity contribution < 1.29 is 9.59 Å². The fourth-order valence-electron chi connectivity index (χ4n) is 2.79. The number of nitriles is 1. The summed E-state index contributed by atoms with van der Waals surface area (Å²) in [5.41, 5.74) is 2.40. The first kappa shape index (κ1) is 20.2. The van der Waals surface area contributed by atoms with Crippen molar-refractivity contribution >= 4 is 29.3 Å². The lowest BCUT2D eigenvalue weighted by Gasteiger charge is -2.22. The summed E-state index contributed by atoms with van der Waals surface area (Å²) in [4.78, 5) is 27.8. The average molecular weight is 401 g/mol. The molecule has 3 aromatic rings. The standard InChI is InChI=1S/C23H19N3O2S/c24-17-29-21-13-11-20(12-14-21)25-22(27)23(28)26(15-18-7-3-1-4-8-18)16-19-9-5-2-6-10-19/h1-14H,15-16H2,(H,25,27). The van der Waals surface area contributed by atoms with Crippen molar-refractivity contribution in [3.05, 3.63) is 96.1 Å². The van der Waals surface area contributed by atoms with Crippen LogP contribution in [0.25, 0.3) is 0 Å². The molecule has 0 fully saturated rings. The third-order valence-corrected chi connectivity index (χ3v) is 4.79. The summed E-state index contributed by atoms with van der Waals surface area (Å²) < 4.78 is 0. The molecule has 0 heterocycles. The van der Waals surface area contributed by atoms with Crippen molar-refractivity contribution in [3.63, 3.8) is 0 Å². The van der Waals surface area contributed by atoms with Gasteiger partial charge in [0.05, 0.1) is 0 Å². The average Bonchev–Trinajstić information content (AvgIpc) is 2.76. The van der Waals surface area contributed by atoms with E-state index in [0.717, 1.165) is 27.8 Å². The second-order valence-corrected chi connectivity index (χ2v) is 7.16.